The maximum atomic E-state index is 9.94. The largest absolute Gasteiger partial charge is 0.394 e. The zero-order chi connectivity index (χ0) is 17.8. The van der Waals surface area contributed by atoms with Crippen molar-refractivity contribution in [2.24, 2.45) is 0 Å². The second kappa shape index (κ2) is 13.0. The van der Waals surface area contributed by atoms with Crippen molar-refractivity contribution in [3.05, 3.63) is 0 Å². The van der Waals surface area contributed by atoms with Gasteiger partial charge < -0.3 is 29.9 Å². The van der Waals surface area contributed by atoms with Crippen LogP contribution >= 0.6 is 0 Å². The van der Waals surface area contributed by atoms with Crippen LogP contribution in [0.5, 0.6) is 0 Å². The third kappa shape index (κ3) is 7.76. The minimum absolute atomic E-state index is 0.412. The molecule has 0 unspecified atom stereocenters. The van der Waals surface area contributed by atoms with E-state index in [1.54, 1.807) is 0 Å². The molecule has 0 aromatic rings. The predicted octanol–water partition coefficient (Wildman–Crippen LogP) is 1.72. The molecule has 0 bridgehead atoms. The molecule has 1 heterocycles. The fourth-order valence-corrected chi connectivity index (χ4v) is 3.06. The highest BCUT2D eigenvalue weighted by atomic mass is 16.7. The molecule has 24 heavy (non-hydrogen) atoms. The highest BCUT2D eigenvalue weighted by Crippen LogP contribution is 2.22. The smallest absolute Gasteiger partial charge is 0.184 e. The molecule has 6 heteroatoms. The van der Waals surface area contributed by atoms with E-state index in [2.05, 4.69) is 6.92 Å². The summed E-state index contributed by atoms with van der Waals surface area (Å²) in [6.45, 7) is 2.18. The lowest BCUT2D eigenvalue weighted by Gasteiger charge is -2.39. The van der Waals surface area contributed by atoms with E-state index < -0.39 is 37.3 Å². The summed E-state index contributed by atoms with van der Waals surface area (Å²) >= 11 is 0. The molecule has 1 aliphatic heterocycles. The standard InChI is InChI=1S/C18H36O6/c1-2-3-4-5-6-7-8-9-10-11-12-23-17-16(21)15(20)14(13-19)24-18(17)22/h14-22H,2-13H2,1H3/t14-,15-,16+,17-,18-/m1/s1. The van der Waals surface area contributed by atoms with E-state index in [9.17, 15) is 15.3 Å². The van der Waals surface area contributed by atoms with E-state index >= 15 is 0 Å². The molecule has 0 amide bonds. The molecule has 1 rings (SSSR count). The Morgan fingerprint density at radius 2 is 1.33 bits per heavy atom. The Morgan fingerprint density at radius 3 is 1.88 bits per heavy atom. The van der Waals surface area contributed by atoms with Crippen molar-refractivity contribution >= 4 is 0 Å². The lowest BCUT2D eigenvalue weighted by atomic mass is 9.99. The number of rotatable bonds is 13. The molecular formula is C18H36O6. The Bertz CT molecular complexity index is 301. The van der Waals surface area contributed by atoms with E-state index in [4.69, 9.17) is 14.6 Å². The summed E-state index contributed by atoms with van der Waals surface area (Å²) in [6.07, 6.45) is 6.43. The Kier molecular flexibility index (Phi) is 11.8. The van der Waals surface area contributed by atoms with Crippen LogP contribution in [0.4, 0.5) is 0 Å². The van der Waals surface area contributed by atoms with E-state index in [0.717, 1.165) is 12.8 Å². The minimum Gasteiger partial charge on any atom is -0.394 e. The zero-order valence-electron chi connectivity index (χ0n) is 15.0. The average molecular weight is 348 g/mol. The molecule has 6 nitrogen and oxygen atoms in total. The second-order valence-electron chi connectivity index (χ2n) is 6.75. The van der Waals surface area contributed by atoms with Crippen LogP contribution in [0.1, 0.15) is 71.1 Å². The monoisotopic (exact) mass is 348 g/mol. The highest BCUT2D eigenvalue weighted by Gasteiger charge is 2.44. The van der Waals surface area contributed by atoms with Crippen LogP contribution in [0.15, 0.2) is 0 Å². The fraction of sp³-hybridized carbons (Fsp3) is 1.00. The van der Waals surface area contributed by atoms with Gasteiger partial charge in [-0.25, -0.2) is 0 Å². The molecule has 144 valence electrons. The van der Waals surface area contributed by atoms with Crippen molar-refractivity contribution in [2.75, 3.05) is 13.2 Å². The number of aliphatic hydroxyl groups excluding tert-OH is 4. The van der Waals surface area contributed by atoms with Gasteiger partial charge >= 0.3 is 0 Å². The fourth-order valence-electron chi connectivity index (χ4n) is 3.06. The number of aliphatic hydroxyl groups is 4. The van der Waals surface area contributed by atoms with Crippen molar-refractivity contribution < 1.29 is 29.9 Å². The summed E-state index contributed by atoms with van der Waals surface area (Å²) in [6, 6.07) is 0. The molecule has 4 N–H and O–H groups in total. The van der Waals surface area contributed by atoms with Crippen LogP contribution in [0.25, 0.3) is 0 Å². The molecule has 0 aliphatic carbocycles. The highest BCUT2D eigenvalue weighted by molar-refractivity contribution is 4.89. The van der Waals surface area contributed by atoms with Gasteiger partial charge in [0, 0.05) is 6.61 Å². The Morgan fingerprint density at radius 1 is 0.792 bits per heavy atom. The van der Waals surface area contributed by atoms with Crippen molar-refractivity contribution in [3.63, 3.8) is 0 Å². The molecule has 0 saturated carbocycles. The van der Waals surface area contributed by atoms with E-state index in [1.807, 2.05) is 0 Å². The molecular weight excluding hydrogens is 312 g/mol. The van der Waals surface area contributed by atoms with Crippen LogP contribution < -0.4 is 0 Å². The molecule has 0 radical (unpaired) electrons. The first-order valence-corrected chi connectivity index (χ1v) is 9.54. The van der Waals surface area contributed by atoms with Crippen LogP contribution in [0.3, 0.4) is 0 Å². The minimum atomic E-state index is -1.33. The van der Waals surface area contributed by atoms with Gasteiger partial charge in [-0.1, -0.05) is 64.7 Å². The van der Waals surface area contributed by atoms with Gasteiger partial charge in [0.1, 0.15) is 24.4 Å². The summed E-state index contributed by atoms with van der Waals surface area (Å²) in [4.78, 5) is 0. The number of ether oxygens (including phenoxy) is 2. The Labute approximate surface area is 145 Å². The molecule has 0 aromatic carbocycles. The molecule has 5 atom stereocenters. The van der Waals surface area contributed by atoms with Gasteiger partial charge in [0.15, 0.2) is 6.29 Å². The van der Waals surface area contributed by atoms with Crippen LogP contribution in [-0.2, 0) is 9.47 Å². The summed E-state index contributed by atoms with van der Waals surface area (Å²) in [5.41, 5.74) is 0. The lowest BCUT2D eigenvalue weighted by molar-refractivity contribution is -0.296. The van der Waals surface area contributed by atoms with Gasteiger partial charge in [0.2, 0.25) is 0 Å². The third-order valence-corrected chi connectivity index (χ3v) is 4.65. The predicted molar refractivity (Wildman–Crippen MR) is 91.6 cm³/mol. The van der Waals surface area contributed by atoms with Crippen LogP contribution in [0, 0.1) is 0 Å². The molecule has 1 fully saturated rings. The number of unbranched alkanes of at least 4 members (excludes halogenated alkanes) is 9. The first-order chi connectivity index (χ1) is 11.6. The Hall–Kier alpha value is -0.240. The Balaban J connectivity index is 2.02. The first kappa shape index (κ1) is 21.8. The van der Waals surface area contributed by atoms with Crippen molar-refractivity contribution in [1.82, 2.24) is 0 Å². The summed E-state index contributed by atoms with van der Waals surface area (Å²) in [5, 5.41) is 38.5. The number of hydrogen-bond donors (Lipinski definition) is 4. The normalized spacial score (nSPS) is 30.6. The maximum absolute atomic E-state index is 9.94. The lowest BCUT2D eigenvalue weighted by Crippen LogP contribution is -2.59. The summed E-state index contributed by atoms with van der Waals surface area (Å²) < 4.78 is 10.5. The van der Waals surface area contributed by atoms with E-state index in [1.165, 1.54) is 51.4 Å². The molecule has 1 saturated heterocycles. The van der Waals surface area contributed by atoms with Crippen molar-refractivity contribution in [3.8, 4) is 0 Å². The summed E-state index contributed by atoms with van der Waals surface area (Å²) in [7, 11) is 0. The van der Waals surface area contributed by atoms with Crippen molar-refractivity contribution in [2.45, 2.75) is 102 Å². The van der Waals surface area contributed by atoms with Crippen LogP contribution in [0.2, 0.25) is 0 Å². The topological polar surface area (TPSA) is 99.4 Å². The molecule has 0 spiro atoms. The number of hydrogen-bond acceptors (Lipinski definition) is 6. The van der Waals surface area contributed by atoms with Gasteiger partial charge in [-0.2, -0.15) is 0 Å². The van der Waals surface area contributed by atoms with Gasteiger partial charge in [-0.15, -0.1) is 0 Å². The van der Waals surface area contributed by atoms with E-state index in [-0.39, 0.29) is 0 Å². The average Bonchev–Trinajstić information content (AvgIpc) is 2.58. The first-order valence-electron chi connectivity index (χ1n) is 9.54. The SMILES string of the molecule is CCCCCCCCCCCCO[C@@H]1[C@@H](O)[C@H](O)[C@@H](CO)O[C@H]1O. The van der Waals surface area contributed by atoms with Gasteiger partial charge in [-0.05, 0) is 6.42 Å². The summed E-state index contributed by atoms with van der Waals surface area (Å²) in [5.74, 6) is 0. The third-order valence-electron chi connectivity index (χ3n) is 4.65. The quantitative estimate of drug-likeness (QED) is 0.378. The van der Waals surface area contributed by atoms with Crippen LogP contribution in [-0.4, -0.2) is 64.3 Å². The molecule has 0 aromatic heterocycles. The molecule has 1 aliphatic rings. The zero-order valence-corrected chi connectivity index (χ0v) is 15.0. The maximum Gasteiger partial charge on any atom is 0.184 e. The van der Waals surface area contributed by atoms with Crippen molar-refractivity contribution in [1.29, 1.82) is 0 Å². The van der Waals surface area contributed by atoms with Gasteiger partial charge in [-0.3, -0.25) is 0 Å². The van der Waals surface area contributed by atoms with E-state index in [0.29, 0.717) is 6.61 Å². The van der Waals surface area contributed by atoms with Gasteiger partial charge in [0.05, 0.1) is 6.61 Å². The van der Waals surface area contributed by atoms with Gasteiger partial charge in [0.25, 0.3) is 0 Å². The second-order valence-corrected chi connectivity index (χ2v) is 6.75.